The van der Waals surface area contributed by atoms with Gasteiger partial charge in [-0.25, -0.2) is 17.8 Å². The molecule has 14 heteroatoms. The fraction of sp³-hybridized carbons (Fsp3) is 0.312. The van der Waals surface area contributed by atoms with Crippen LogP contribution in [0.3, 0.4) is 0 Å². The summed E-state index contributed by atoms with van der Waals surface area (Å²) in [5.74, 6) is -0.866. The van der Waals surface area contributed by atoms with Gasteiger partial charge in [0.1, 0.15) is 5.82 Å². The fourth-order valence-corrected chi connectivity index (χ4v) is 5.74. The van der Waals surface area contributed by atoms with Crippen molar-refractivity contribution in [1.29, 1.82) is 0 Å². The first-order chi connectivity index (χ1) is 22.2. The van der Waals surface area contributed by atoms with E-state index in [9.17, 15) is 17.6 Å². The zero-order valence-corrected chi connectivity index (χ0v) is 26.7. The highest BCUT2D eigenvalue weighted by Crippen LogP contribution is 2.24. The second-order valence-electron chi connectivity index (χ2n) is 10.2. The summed E-state index contributed by atoms with van der Waals surface area (Å²) in [5.41, 5.74) is 14.8. The number of sulfone groups is 1. The van der Waals surface area contributed by atoms with E-state index in [1.807, 2.05) is 0 Å². The first kappa shape index (κ1) is 35.0. The van der Waals surface area contributed by atoms with Gasteiger partial charge in [-0.2, -0.15) is 0 Å². The highest BCUT2D eigenvalue weighted by molar-refractivity contribution is 7.91. The van der Waals surface area contributed by atoms with Crippen LogP contribution in [0.25, 0.3) is 16.7 Å². The maximum Gasteiger partial charge on any atom is 0.255 e. The van der Waals surface area contributed by atoms with Gasteiger partial charge in [0.25, 0.3) is 5.91 Å². The van der Waals surface area contributed by atoms with Crippen molar-refractivity contribution in [3.8, 4) is 0 Å². The highest BCUT2D eigenvalue weighted by atomic mass is 35.5. The molecule has 0 atom stereocenters. The maximum atomic E-state index is 13.5. The van der Waals surface area contributed by atoms with E-state index in [4.69, 9.17) is 37.3 Å². The third-order valence-corrected chi connectivity index (χ3v) is 8.81. The Labute approximate surface area is 272 Å². The van der Waals surface area contributed by atoms with Gasteiger partial charge in [-0.15, -0.1) is 0 Å². The number of nitrogens with zero attached hydrogens (tertiary/aromatic N) is 1. The number of rotatable bonds is 18. The number of carbonyl (C=O) groups excluding carboxylic acids is 1. The molecule has 4 aromatic rings. The number of H-pyrrole nitrogens is 1. The lowest BCUT2D eigenvalue weighted by Gasteiger charge is -2.13. The minimum absolute atomic E-state index is 0.000854. The summed E-state index contributed by atoms with van der Waals surface area (Å²) in [5, 5.41) is 3.27. The van der Waals surface area contributed by atoms with Crippen LogP contribution in [0.1, 0.15) is 17.5 Å². The Bertz CT molecular complexity index is 1730. The molecule has 4 rings (SSSR count). The Morgan fingerprint density at radius 2 is 1.57 bits per heavy atom. The molecule has 3 aromatic carbocycles. The molecule has 0 fully saturated rings. The van der Waals surface area contributed by atoms with Crippen molar-refractivity contribution in [3.63, 3.8) is 0 Å². The summed E-state index contributed by atoms with van der Waals surface area (Å²) in [6.07, 6.45) is 0.621. The van der Waals surface area contributed by atoms with E-state index in [1.165, 1.54) is 24.3 Å². The van der Waals surface area contributed by atoms with Gasteiger partial charge in [0.05, 0.1) is 61.3 Å². The smallest absolute Gasteiger partial charge is 0.255 e. The average Bonchev–Trinajstić information content (AvgIpc) is 3.44. The predicted octanol–water partition coefficient (Wildman–Crippen LogP) is 4.08. The minimum Gasteiger partial charge on any atom is -0.398 e. The number of anilines is 1. The molecular weight excluding hydrogens is 637 g/mol. The van der Waals surface area contributed by atoms with E-state index < -0.39 is 15.7 Å². The van der Waals surface area contributed by atoms with Gasteiger partial charge in [-0.05, 0) is 66.4 Å². The van der Waals surface area contributed by atoms with Crippen molar-refractivity contribution in [2.45, 2.75) is 17.7 Å². The molecule has 0 bridgehead atoms. The topological polar surface area (TPSA) is 172 Å². The van der Waals surface area contributed by atoms with Crippen LogP contribution in [-0.2, 0) is 35.3 Å². The van der Waals surface area contributed by atoms with Crippen LogP contribution in [0, 0.1) is 5.82 Å². The lowest BCUT2D eigenvalue weighted by molar-refractivity contribution is -0.113. The van der Waals surface area contributed by atoms with Gasteiger partial charge in [0, 0.05) is 22.8 Å². The van der Waals surface area contributed by atoms with Gasteiger partial charge < -0.3 is 30.7 Å². The molecular formula is C32H37ClFN5O6S. The molecule has 11 nitrogen and oxygen atoms in total. The highest BCUT2D eigenvalue weighted by Gasteiger charge is 2.19. The van der Waals surface area contributed by atoms with Crippen LogP contribution < -0.4 is 16.8 Å². The summed E-state index contributed by atoms with van der Waals surface area (Å²) in [4.78, 5) is 21.0. The number of nitrogens with two attached hydrogens (primary N) is 2. The lowest BCUT2D eigenvalue weighted by Crippen LogP contribution is -2.20. The van der Waals surface area contributed by atoms with Crippen LogP contribution in [0.4, 0.5) is 10.3 Å². The van der Waals surface area contributed by atoms with Crippen molar-refractivity contribution in [3.05, 3.63) is 94.3 Å². The van der Waals surface area contributed by atoms with E-state index >= 15 is 0 Å². The Morgan fingerprint density at radius 3 is 2.24 bits per heavy atom. The molecule has 0 unspecified atom stereocenters. The maximum absolute atomic E-state index is 13.5. The number of aromatic nitrogens is 2. The van der Waals surface area contributed by atoms with Gasteiger partial charge >= 0.3 is 0 Å². The summed E-state index contributed by atoms with van der Waals surface area (Å²) in [6, 6.07) is 17.1. The van der Waals surface area contributed by atoms with Gasteiger partial charge in [0.15, 0.2) is 9.84 Å². The molecule has 0 saturated heterocycles. The molecule has 1 aromatic heterocycles. The fourth-order valence-electron chi connectivity index (χ4n) is 4.44. The molecule has 0 saturated carbocycles. The summed E-state index contributed by atoms with van der Waals surface area (Å²) < 4.78 is 55.2. The van der Waals surface area contributed by atoms with Gasteiger partial charge in [0.2, 0.25) is 5.95 Å². The SMILES string of the molecule is NCCOCCOCCOCCS(=O)(=O)c1ccc(/C(N)=C(\CCc2ccc(F)cc2)C(=O)Nc2nc3ccc(Cl)cc3[nH]2)cc1. The number of aromatic amines is 1. The first-order valence-electron chi connectivity index (χ1n) is 14.6. The Hall–Kier alpha value is -3.85. The Balaban J connectivity index is 1.42. The number of hydrogen-bond acceptors (Lipinski definition) is 9. The van der Waals surface area contributed by atoms with Crippen molar-refractivity contribution in [2.24, 2.45) is 11.5 Å². The van der Waals surface area contributed by atoms with E-state index in [2.05, 4.69) is 15.3 Å². The molecule has 1 amide bonds. The van der Waals surface area contributed by atoms with Crippen molar-refractivity contribution in [1.82, 2.24) is 9.97 Å². The van der Waals surface area contributed by atoms with Crippen LogP contribution >= 0.6 is 11.6 Å². The van der Waals surface area contributed by atoms with Crippen molar-refractivity contribution >= 4 is 50.0 Å². The number of hydrogen-bond donors (Lipinski definition) is 4. The number of aryl methyl sites for hydroxylation is 1. The van der Waals surface area contributed by atoms with Crippen molar-refractivity contribution < 1.29 is 31.8 Å². The van der Waals surface area contributed by atoms with E-state index in [0.29, 0.717) is 61.0 Å². The Kier molecular flexibility index (Phi) is 13.1. The normalized spacial score (nSPS) is 12.3. The van der Waals surface area contributed by atoms with E-state index in [0.717, 1.165) is 5.56 Å². The molecule has 0 aliphatic heterocycles. The Morgan fingerprint density at radius 1 is 0.913 bits per heavy atom. The number of amides is 1. The van der Waals surface area contributed by atoms with Crippen LogP contribution in [-0.4, -0.2) is 76.2 Å². The number of benzene rings is 3. The van der Waals surface area contributed by atoms with Gasteiger partial charge in [-0.3, -0.25) is 10.1 Å². The zero-order valence-electron chi connectivity index (χ0n) is 25.1. The lowest BCUT2D eigenvalue weighted by atomic mass is 9.99. The van der Waals surface area contributed by atoms with Gasteiger partial charge in [-0.1, -0.05) is 35.9 Å². The largest absolute Gasteiger partial charge is 0.398 e. The first-order valence-corrected chi connectivity index (χ1v) is 16.7. The van der Waals surface area contributed by atoms with Crippen molar-refractivity contribution in [2.75, 3.05) is 57.3 Å². The number of imidazole rings is 1. The van der Waals surface area contributed by atoms with E-state index in [1.54, 1.807) is 42.5 Å². The summed E-state index contributed by atoms with van der Waals surface area (Å²) >= 11 is 6.07. The molecule has 0 aliphatic carbocycles. The molecule has 0 aliphatic rings. The minimum atomic E-state index is -3.64. The molecule has 0 spiro atoms. The summed E-state index contributed by atoms with van der Waals surface area (Å²) in [7, 11) is -3.64. The third-order valence-electron chi connectivity index (χ3n) is 6.88. The number of carbonyl (C=O) groups is 1. The number of halogens is 2. The molecule has 1 heterocycles. The van der Waals surface area contributed by atoms with E-state index in [-0.39, 0.29) is 53.3 Å². The monoisotopic (exact) mass is 673 g/mol. The summed E-state index contributed by atoms with van der Waals surface area (Å²) in [6.45, 7) is 2.30. The quantitative estimate of drug-likeness (QED) is 0.0897. The number of fused-ring (bicyclic) bond motifs is 1. The second kappa shape index (κ2) is 17.2. The molecule has 6 N–H and O–H groups in total. The van der Waals surface area contributed by atoms with Crippen LogP contribution in [0.15, 0.2) is 77.2 Å². The molecule has 246 valence electrons. The third kappa shape index (κ3) is 10.3. The van der Waals surface area contributed by atoms with Crippen LogP contribution in [0.5, 0.6) is 0 Å². The molecule has 0 radical (unpaired) electrons. The standard InChI is InChI=1S/C32H37ClFN5O6S/c33-24-6-12-28-29(21-24)38-32(37-28)39-31(40)27(11-3-22-1-7-25(34)8-2-22)30(36)23-4-9-26(10-5-23)46(41,42)20-19-45-18-17-44-16-15-43-14-13-35/h1-2,4-10,12,21H,3,11,13-20,35-36H2,(H2,37,38,39,40)/b30-27-. The zero-order chi connectivity index (χ0) is 32.9. The predicted molar refractivity (Wildman–Crippen MR) is 176 cm³/mol. The second-order valence-corrected chi connectivity index (χ2v) is 12.7. The number of nitrogens with one attached hydrogen (secondary N) is 2. The molecule has 46 heavy (non-hydrogen) atoms. The number of ether oxygens (including phenoxy) is 3. The average molecular weight is 674 g/mol. The van der Waals surface area contributed by atoms with Crippen LogP contribution in [0.2, 0.25) is 5.02 Å².